The number of likely N-dealkylation sites (N-methyl/N-ethyl adjacent to an activating group) is 1. The first kappa shape index (κ1) is 79.0. The lowest BCUT2D eigenvalue weighted by Gasteiger charge is -2.50. The molecule has 4 N–H and O–H groups in total. The zero-order valence-corrected chi connectivity index (χ0v) is 62.4. The van der Waals surface area contributed by atoms with E-state index >= 15 is 19.2 Å². The van der Waals surface area contributed by atoms with Crippen LogP contribution in [0, 0.1) is 63.1 Å². The predicted octanol–water partition coefficient (Wildman–Crippen LogP) is 16.6. The molecule has 3 aliphatic rings. The highest BCUT2D eigenvalue weighted by Crippen LogP contribution is 2.53. The number of nitrogens with one attached hydrogen (secondary N) is 2. The largest absolute Gasteiger partial charge is 0.481 e. The van der Waals surface area contributed by atoms with Crippen LogP contribution in [0.1, 0.15) is 245 Å². The number of ether oxygens (including phenoxy) is 3. The smallest absolute Gasteiger partial charge is 0.342 e. The fourth-order valence-electron chi connectivity index (χ4n) is 14.0. The molecule has 0 saturated heterocycles. The molecule has 2 amide bonds. The van der Waals surface area contributed by atoms with E-state index in [0.29, 0.717) is 71.6 Å². The fourth-order valence-corrected chi connectivity index (χ4v) is 17.6. The van der Waals surface area contributed by atoms with Gasteiger partial charge in [0.15, 0.2) is 5.84 Å². The molecule has 1 aromatic rings. The van der Waals surface area contributed by atoms with Gasteiger partial charge in [-0.05, 0) is 121 Å². The molecule has 0 radical (unpaired) electrons. The molecule has 2 aliphatic carbocycles. The summed E-state index contributed by atoms with van der Waals surface area (Å²) in [7, 11) is 1.65. The Kier molecular flexibility index (Phi) is 27.6. The second-order valence-corrected chi connectivity index (χ2v) is 35.4. The molecule has 19 heteroatoms. The number of carboxylic acid groups (broad SMARTS) is 2. The number of allylic oxidation sites excluding steroid dienone is 1. The Bertz CT molecular complexity index is 2840. The normalized spacial score (nSPS) is 22.8. The SMILES string of the molecule is C=C(C)C(=O)OCCSC(CC)(CC)C(=O)N(C)C1=NC(=Cc2[nH]c(NC(=O)C(CC)(CC)SCCSC(CC(=O)O)C(=O)O)c(C(=O)OC3C(C(C)(C)C)CC(C)CC3C(C)(C)C)c2C(C)C)C(C(C)C)=C1C(=O)OC1C(C(C)(C)C)CC(C)CC1C(C)(C)C. The molecule has 0 spiro atoms. The number of aromatic nitrogens is 1. The molecular formula is C72H116N4O12S3. The van der Waals surface area contributed by atoms with E-state index in [0.717, 1.165) is 37.4 Å². The van der Waals surface area contributed by atoms with Crippen molar-refractivity contribution in [3.8, 4) is 0 Å². The van der Waals surface area contributed by atoms with E-state index in [1.807, 2.05) is 61.5 Å². The van der Waals surface area contributed by atoms with Gasteiger partial charge in [-0.3, -0.25) is 24.1 Å². The Morgan fingerprint density at radius 2 is 1.14 bits per heavy atom. The van der Waals surface area contributed by atoms with Gasteiger partial charge in [0.2, 0.25) is 11.8 Å². The number of amidine groups is 1. The molecule has 514 valence electrons. The van der Waals surface area contributed by atoms with Crippen molar-refractivity contribution in [1.82, 2.24) is 9.88 Å². The minimum absolute atomic E-state index is 0.00216. The van der Waals surface area contributed by atoms with Crippen molar-refractivity contribution in [2.24, 2.45) is 68.1 Å². The lowest BCUT2D eigenvalue weighted by atomic mass is 9.59. The number of hydrogen-bond acceptors (Lipinski definition) is 14. The first-order chi connectivity index (χ1) is 41.9. The number of hydrogen-bond donors (Lipinski definition) is 4. The van der Waals surface area contributed by atoms with Crippen LogP contribution in [0.15, 0.2) is 34.0 Å². The summed E-state index contributed by atoms with van der Waals surface area (Å²) in [5.74, 6) is -3.61. The topological polar surface area (TPSA) is 231 Å². The first-order valence-electron chi connectivity index (χ1n) is 33.4. The Morgan fingerprint density at radius 1 is 0.692 bits per heavy atom. The van der Waals surface area contributed by atoms with Gasteiger partial charge in [-0.2, -0.15) is 0 Å². The molecule has 1 aliphatic heterocycles. The van der Waals surface area contributed by atoms with Crippen molar-refractivity contribution in [3.05, 3.63) is 45.8 Å². The third kappa shape index (κ3) is 19.4. The summed E-state index contributed by atoms with van der Waals surface area (Å²) in [4.78, 5) is 109. The van der Waals surface area contributed by atoms with Gasteiger partial charge in [0.25, 0.3) is 0 Å². The van der Waals surface area contributed by atoms with Crippen LogP contribution < -0.4 is 5.32 Å². The maximum atomic E-state index is 16.0. The number of carboxylic acids is 2. The third-order valence-electron chi connectivity index (χ3n) is 19.5. The molecule has 91 heavy (non-hydrogen) atoms. The maximum Gasteiger partial charge on any atom is 0.342 e. The van der Waals surface area contributed by atoms with Crippen molar-refractivity contribution < 1.29 is 58.0 Å². The number of aliphatic imine (C=N–C) groups is 1. The van der Waals surface area contributed by atoms with Gasteiger partial charge in [-0.25, -0.2) is 19.4 Å². The molecule has 5 unspecified atom stereocenters. The standard InChI is InChI=1S/C72H116N4O12S3/c1-26-71(27-2,91-33-32-89-51(61(79)80)39-52(77)78)65(84)75-59-55(63(82)87-57-45(67(13,14)15)34-43(11)35-46(57)68(16,17)18)53(40(5)6)49(73-59)38-50-54(41(7)8)56(64(83)88-58-47(69(19,20)21)36-44(12)37-48(58)70(22,23)24)60(74-50)76(25)66(85)72(28-3,29-4)90-31-30-86-62(81)42(9)10/h38,40-41,43-48,51,57-58,73H,9,26-37,39H2,1-8,10-25H3,(H,75,84)(H,77,78)(H,79,80). The van der Waals surface area contributed by atoms with Crippen LogP contribution in [0.25, 0.3) is 6.08 Å². The lowest BCUT2D eigenvalue weighted by molar-refractivity contribution is -0.164. The van der Waals surface area contributed by atoms with Crippen LogP contribution in [0.2, 0.25) is 0 Å². The number of carbonyl (C=O) groups excluding carboxylic acids is 5. The van der Waals surface area contributed by atoms with Crippen molar-refractivity contribution in [1.29, 1.82) is 0 Å². The minimum atomic E-state index is -1.22. The Morgan fingerprint density at radius 3 is 1.54 bits per heavy atom. The number of thioether (sulfide) groups is 3. The van der Waals surface area contributed by atoms with Gasteiger partial charge in [0, 0.05) is 59.2 Å². The third-order valence-corrected chi connectivity index (χ3v) is 24.3. The Balaban J connectivity index is 2.12. The number of amides is 2. The zero-order valence-electron chi connectivity index (χ0n) is 59.9. The highest BCUT2D eigenvalue weighted by molar-refractivity contribution is 8.04. The van der Waals surface area contributed by atoms with Crippen molar-refractivity contribution >= 4 is 94.7 Å². The van der Waals surface area contributed by atoms with Crippen LogP contribution in [0.4, 0.5) is 5.82 Å². The average Bonchev–Trinajstić information content (AvgIpc) is 1.72. The average molecular weight is 1330 g/mol. The zero-order chi connectivity index (χ0) is 69.4. The molecule has 2 saturated carbocycles. The monoisotopic (exact) mass is 1320 g/mol. The van der Waals surface area contributed by atoms with Gasteiger partial charge in [0.05, 0.1) is 21.6 Å². The Labute approximate surface area is 559 Å². The molecule has 2 heterocycles. The van der Waals surface area contributed by atoms with E-state index in [2.05, 4.69) is 114 Å². The van der Waals surface area contributed by atoms with Gasteiger partial charge in [0.1, 0.15) is 41.0 Å². The number of nitrogens with zero attached hydrogens (tertiary/aromatic N) is 2. The van der Waals surface area contributed by atoms with Gasteiger partial charge >= 0.3 is 29.8 Å². The molecular weight excluding hydrogens is 1210 g/mol. The van der Waals surface area contributed by atoms with Gasteiger partial charge in [-0.1, -0.05) is 159 Å². The summed E-state index contributed by atoms with van der Waals surface area (Å²) in [6, 6.07) is 0. The molecule has 1 aromatic heterocycles. The molecule has 5 atom stereocenters. The summed E-state index contributed by atoms with van der Waals surface area (Å²) in [5.41, 5.74) is 1.55. The summed E-state index contributed by atoms with van der Waals surface area (Å²) in [5, 5.41) is 21.3. The second kappa shape index (κ2) is 31.8. The van der Waals surface area contributed by atoms with E-state index in [4.69, 9.17) is 19.2 Å². The van der Waals surface area contributed by atoms with Crippen LogP contribution in [-0.4, -0.2) is 125 Å². The lowest BCUT2D eigenvalue weighted by Crippen LogP contribution is -2.51. The van der Waals surface area contributed by atoms with Crippen LogP contribution in [0.3, 0.4) is 0 Å². The minimum Gasteiger partial charge on any atom is -0.481 e. The number of esters is 3. The second-order valence-electron chi connectivity index (χ2n) is 31.2. The Hall–Kier alpha value is -4.49. The summed E-state index contributed by atoms with van der Waals surface area (Å²) >= 11 is 3.77. The number of aromatic amines is 1. The quantitative estimate of drug-likeness (QED) is 0.0278. The summed E-state index contributed by atoms with van der Waals surface area (Å²) < 4.78 is 17.5. The molecule has 4 rings (SSSR count). The van der Waals surface area contributed by atoms with Crippen molar-refractivity contribution in [2.75, 3.05) is 36.2 Å². The highest BCUT2D eigenvalue weighted by Gasteiger charge is 2.52. The summed E-state index contributed by atoms with van der Waals surface area (Å²) in [6.45, 7) is 51.9. The van der Waals surface area contributed by atoms with Gasteiger partial charge < -0.3 is 34.7 Å². The highest BCUT2D eigenvalue weighted by atomic mass is 32.2. The molecule has 16 nitrogen and oxygen atoms in total. The number of carbonyl (C=O) groups is 7. The molecule has 2 fully saturated rings. The molecule has 0 aromatic carbocycles. The van der Waals surface area contributed by atoms with E-state index in [1.165, 1.54) is 28.4 Å². The van der Waals surface area contributed by atoms with E-state index in [-0.39, 0.29) is 110 Å². The van der Waals surface area contributed by atoms with Crippen LogP contribution in [0.5, 0.6) is 0 Å². The predicted molar refractivity (Wildman–Crippen MR) is 375 cm³/mol. The number of aliphatic carboxylic acids is 2. The van der Waals surface area contributed by atoms with E-state index < -0.39 is 63.2 Å². The number of anilines is 1. The van der Waals surface area contributed by atoms with E-state index in [1.54, 1.807) is 14.0 Å². The van der Waals surface area contributed by atoms with Crippen molar-refractivity contribution in [3.63, 3.8) is 0 Å². The van der Waals surface area contributed by atoms with Gasteiger partial charge in [-0.15, -0.1) is 35.3 Å². The summed E-state index contributed by atoms with van der Waals surface area (Å²) in [6.07, 6.45) is 5.32. The molecule has 0 bridgehead atoms. The van der Waals surface area contributed by atoms with Crippen LogP contribution in [-0.2, 0) is 43.0 Å². The first-order valence-corrected chi connectivity index (χ1v) is 36.4. The van der Waals surface area contributed by atoms with E-state index in [9.17, 15) is 24.6 Å². The fraction of sp³-hybridized carbons (Fsp3) is 0.750. The van der Waals surface area contributed by atoms with Crippen molar-refractivity contribution in [2.45, 2.75) is 250 Å². The number of H-pyrrole nitrogens is 1. The number of rotatable bonds is 27. The maximum absolute atomic E-state index is 16.0. The van der Waals surface area contributed by atoms with Crippen LogP contribution >= 0.6 is 35.3 Å².